The van der Waals surface area contributed by atoms with Gasteiger partial charge < -0.3 is 0 Å². The molecule has 30 heavy (non-hydrogen) atoms. The normalized spacial score (nSPS) is 18.2. The van der Waals surface area contributed by atoms with E-state index in [4.69, 9.17) is 4.89 Å². The highest BCUT2D eigenvalue weighted by Crippen LogP contribution is 2.21. The molecular weight excluding hydrogens is 396 g/mol. The number of carbonyl (C=O) groups excluding carboxylic acids is 5. The topological polar surface area (TPSA) is 120 Å². The van der Waals surface area contributed by atoms with E-state index in [1.54, 1.807) is 27.7 Å². The second-order valence-electron chi connectivity index (χ2n) is 8.14. The van der Waals surface area contributed by atoms with Crippen LogP contribution in [0.4, 0.5) is 0 Å². The van der Waals surface area contributed by atoms with E-state index in [1.165, 1.54) is 13.0 Å². The molecule has 0 aromatic rings. The van der Waals surface area contributed by atoms with Gasteiger partial charge in [-0.15, -0.1) is 0 Å². The summed E-state index contributed by atoms with van der Waals surface area (Å²) in [4.78, 5) is 72.1. The van der Waals surface area contributed by atoms with Gasteiger partial charge >= 0.3 is 5.97 Å². The average molecular weight is 422 g/mol. The van der Waals surface area contributed by atoms with Crippen molar-refractivity contribution in [2.75, 3.05) is 6.54 Å². The number of unbranched alkanes of at least 4 members (excludes halogenated alkanes) is 1. The summed E-state index contributed by atoms with van der Waals surface area (Å²) in [6.07, 6.45) is 3.20. The van der Waals surface area contributed by atoms with Crippen LogP contribution in [0.5, 0.6) is 0 Å². The fourth-order valence-corrected chi connectivity index (χ4v) is 2.92. The second kappa shape index (κ2) is 9.31. The number of hydrogen-bond acceptors (Lipinski definition) is 8. The Hall–Kier alpha value is -2.85. The molecule has 0 aromatic carbocycles. The fourth-order valence-electron chi connectivity index (χ4n) is 2.92. The molecule has 164 valence electrons. The van der Waals surface area contributed by atoms with Crippen molar-refractivity contribution >= 4 is 29.6 Å². The van der Waals surface area contributed by atoms with Gasteiger partial charge in [0.15, 0.2) is 0 Å². The van der Waals surface area contributed by atoms with Crippen LogP contribution in [-0.2, 0) is 38.8 Å². The molecule has 0 saturated heterocycles. The molecule has 2 aliphatic rings. The van der Waals surface area contributed by atoms with Gasteiger partial charge in [-0.1, -0.05) is 0 Å². The highest BCUT2D eigenvalue weighted by atomic mass is 17.5. The molecule has 0 fully saturated rings. The SMILES string of the molecule is CC1=CC(=O)N(CCCCC(C(=O)OOOC(C)(C)C)N2C(=O)C=C(C)C2=O)C1=O. The highest BCUT2D eigenvalue weighted by molar-refractivity contribution is 6.17. The third kappa shape index (κ3) is 5.61. The summed E-state index contributed by atoms with van der Waals surface area (Å²) >= 11 is 0. The van der Waals surface area contributed by atoms with Crippen LogP contribution >= 0.6 is 0 Å². The Kier molecular flexibility index (Phi) is 7.27. The summed E-state index contributed by atoms with van der Waals surface area (Å²) in [6.45, 7) is 8.23. The Labute approximate surface area is 174 Å². The second-order valence-corrected chi connectivity index (χ2v) is 8.14. The zero-order valence-electron chi connectivity index (χ0n) is 17.7. The van der Waals surface area contributed by atoms with Gasteiger partial charge in [-0.3, -0.25) is 33.9 Å². The number of carbonyl (C=O) groups is 5. The van der Waals surface area contributed by atoms with Crippen LogP contribution in [-0.4, -0.2) is 57.6 Å². The fraction of sp³-hybridized carbons (Fsp3) is 0.550. The van der Waals surface area contributed by atoms with Crippen molar-refractivity contribution in [1.29, 1.82) is 0 Å². The zero-order valence-corrected chi connectivity index (χ0v) is 17.7. The van der Waals surface area contributed by atoms with Crippen molar-refractivity contribution < 1.29 is 38.8 Å². The van der Waals surface area contributed by atoms with E-state index in [1.807, 2.05) is 0 Å². The van der Waals surface area contributed by atoms with Gasteiger partial charge in [-0.05, 0) is 58.9 Å². The van der Waals surface area contributed by atoms with Gasteiger partial charge in [0.05, 0.1) is 5.60 Å². The van der Waals surface area contributed by atoms with Gasteiger partial charge in [-0.2, -0.15) is 4.89 Å². The number of nitrogens with zero attached hydrogens (tertiary/aromatic N) is 2. The van der Waals surface area contributed by atoms with Crippen molar-refractivity contribution in [2.24, 2.45) is 0 Å². The number of rotatable bonds is 9. The Balaban J connectivity index is 1.97. The Morgan fingerprint density at radius 2 is 1.57 bits per heavy atom. The Morgan fingerprint density at radius 3 is 2.07 bits per heavy atom. The van der Waals surface area contributed by atoms with Gasteiger partial charge in [-0.25, -0.2) is 4.79 Å². The predicted molar refractivity (Wildman–Crippen MR) is 102 cm³/mol. The molecule has 0 saturated carbocycles. The molecule has 10 nitrogen and oxygen atoms in total. The first-order valence-corrected chi connectivity index (χ1v) is 9.58. The van der Waals surface area contributed by atoms with Crippen LogP contribution < -0.4 is 0 Å². The molecule has 2 aliphatic heterocycles. The van der Waals surface area contributed by atoms with Gasteiger partial charge in [0.1, 0.15) is 6.04 Å². The quantitative estimate of drug-likeness (QED) is 0.236. The summed E-state index contributed by atoms with van der Waals surface area (Å²) in [6, 6.07) is -1.23. The smallest absolute Gasteiger partial charge is 0.275 e. The van der Waals surface area contributed by atoms with Crippen LogP contribution in [0.1, 0.15) is 53.9 Å². The monoisotopic (exact) mass is 422 g/mol. The molecule has 4 amide bonds. The summed E-state index contributed by atoms with van der Waals surface area (Å²) in [5.41, 5.74) is -0.166. The Morgan fingerprint density at radius 1 is 0.967 bits per heavy atom. The largest absolute Gasteiger partial charge is 0.368 e. The molecule has 1 unspecified atom stereocenters. The summed E-state index contributed by atoms with van der Waals surface area (Å²) in [7, 11) is 0. The van der Waals surface area contributed by atoms with Crippen molar-refractivity contribution in [3.05, 3.63) is 23.3 Å². The molecule has 0 aliphatic carbocycles. The van der Waals surface area contributed by atoms with Gasteiger partial charge in [0.25, 0.3) is 23.6 Å². The van der Waals surface area contributed by atoms with Gasteiger partial charge in [0, 0.05) is 29.8 Å². The third-order valence-corrected chi connectivity index (χ3v) is 4.42. The standard InChI is InChI=1S/C20H26N2O8/c1-12-10-15(23)21(17(12)25)9-7-6-8-14(19(27)28-30-29-20(3,4)5)22-16(24)11-13(2)18(22)26/h10-11,14H,6-9H2,1-5H3. The first-order valence-electron chi connectivity index (χ1n) is 9.58. The number of imide groups is 2. The van der Waals surface area contributed by atoms with E-state index < -0.39 is 29.4 Å². The van der Waals surface area contributed by atoms with Crippen molar-refractivity contribution in [3.63, 3.8) is 0 Å². The molecule has 2 heterocycles. The van der Waals surface area contributed by atoms with Crippen LogP contribution in [0.15, 0.2) is 23.3 Å². The maximum Gasteiger partial charge on any atom is 0.368 e. The maximum absolute atomic E-state index is 12.5. The average Bonchev–Trinajstić information content (AvgIpc) is 3.02. The summed E-state index contributed by atoms with van der Waals surface area (Å²) < 4.78 is 0. The molecule has 0 N–H and O–H groups in total. The van der Waals surface area contributed by atoms with Crippen LogP contribution in [0.3, 0.4) is 0 Å². The van der Waals surface area contributed by atoms with Crippen LogP contribution in [0, 0.1) is 0 Å². The molecule has 0 aromatic heterocycles. The first-order chi connectivity index (χ1) is 13.9. The van der Waals surface area contributed by atoms with E-state index in [0.29, 0.717) is 18.4 Å². The van der Waals surface area contributed by atoms with Gasteiger partial charge in [0.2, 0.25) is 0 Å². The Bertz CT molecular complexity index is 821. The van der Waals surface area contributed by atoms with E-state index >= 15 is 0 Å². The zero-order chi connectivity index (χ0) is 22.6. The number of amides is 4. The predicted octanol–water partition coefficient (Wildman–Crippen LogP) is 1.36. The van der Waals surface area contributed by atoms with Crippen molar-refractivity contribution in [2.45, 2.75) is 65.5 Å². The minimum absolute atomic E-state index is 0.0684. The summed E-state index contributed by atoms with van der Waals surface area (Å²) in [5.74, 6) is -2.92. The van der Waals surface area contributed by atoms with E-state index in [-0.39, 0.29) is 30.4 Å². The van der Waals surface area contributed by atoms with E-state index in [2.05, 4.69) is 9.93 Å². The van der Waals surface area contributed by atoms with Crippen LogP contribution in [0.25, 0.3) is 0 Å². The summed E-state index contributed by atoms with van der Waals surface area (Å²) in [5, 5.41) is 4.51. The minimum atomic E-state index is -1.23. The third-order valence-electron chi connectivity index (χ3n) is 4.42. The molecule has 1 atom stereocenters. The molecule has 0 bridgehead atoms. The molecule has 0 radical (unpaired) electrons. The minimum Gasteiger partial charge on any atom is -0.275 e. The van der Waals surface area contributed by atoms with E-state index in [0.717, 1.165) is 15.9 Å². The lowest BCUT2D eigenvalue weighted by molar-refractivity contribution is -0.515. The molecule has 2 rings (SSSR count). The molecular formula is C20H26N2O8. The lowest BCUT2D eigenvalue weighted by Gasteiger charge is -2.25. The highest BCUT2D eigenvalue weighted by Gasteiger charge is 2.40. The van der Waals surface area contributed by atoms with Crippen LogP contribution in [0.2, 0.25) is 0 Å². The van der Waals surface area contributed by atoms with Crippen molar-refractivity contribution in [1.82, 2.24) is 9.80 Å². The molecule has 0 spiro atoms. The van der Waals surface area contributed by atoms with E-state index in [9.17, 15) is 24.0 Å². The molecule has 10 heteroatoms. The lowest BCUT2D eigenvalue weighted by atomic mass is 10.1. The lowest BCUT2D eigenvalue weighted by Crippen LogP contribution is -2.46. The maximum atomic E-state index is 12.5. The van der Waals surface area contributed by atoms with Crippen molar-refractivity contribution in [3.8, 4) is 0 Å². The first kappa shape index (κ1) is 23.4. The number of hydrogen-bond donors (Lipinski definition) is 0.